The zero-order valence-electron chi connectivity index (χ0n) is 12.5. The molecule has 0 saturated carbocycles. The van der Waals surface area contributed by atoms with E-state index < -0.39 is 10.0 Å². The molecule has 0 spiro atoms. The molecule has 0 amide bonds. The van der Waals surface area contributed by atoms with E-state index >= 15 is 0 Å². The van der Waals surface area contributed by atoms with Crippen LogP contribution in [0.5, 0.6) is 0 Å². The van der Waals surface area contributed by atoms with Crippen molar-refractivity contribution in [1.29, 1.82) is 0 Å². The average molecular weight is 296 g/mol. The normalized spacial score (nSPS) is 22.1. The highest BCUT2D eigenvalue weighted by molar-refractivity contribution is 7.89. The van der Waals surface area contributed by atoms with E-state index in [1.165, 1.54) is 0 Å². The zero-order chi connectivity index (χ0) is 14.8. The first kappa shape index (κ1) is 15.5. The lowest BCUT2D eigenvalue weighted by atomic mass is 10.1. The van der Waals surface area contributed by atoms with Crippen molar-refractivity contribution in [1.82, 2.24) is 9.62 Å². The van der Waals surface area contributed by atoms with Gasteiger partial charge in [-0.2, -0.15) is 4.31 Å². The largest absolute Gasteiger partial charge is 0.313 e. The fraction of sp³-hybridized carbons (Fsp3) is 0.600. The molecule has 1 heterocycles. The molecule has 4 nitrogen and oxygen atoms in total. The first-order valence-corrected chi connectivity index (χ1v) is 8.70. The summed E-state index contributed by atoms with van der Waals surface area (Å²) < 4.78 is 26.9. The minimum atomic E-state index is -3.34. The lowest BCUT2D eigenvalue weighted by Crippen LogP contribution is -2.29. The Bertz CT molecular complexity index is 553. The Labute approximate surface area is 122 Å². The van der Waals surface area contributed by atoms with Crippen molar-refractivity contribution >= 4 is 10.0 Å². The molecule has 1 saturated heterocycles. The van der Waals surface area contributed by atoms with Gasteiger partial charge in [0.2, 0.25) is 10.0 Å². The summed E-state index contributed by atoms with van der Waals surface area (Å²) >= 11 is 0. The molecule has 1 aliphatic heterocycles. The van der Waals surface area contributed by atoms with Gasteiger partial charge in [-0.25, -0.2) is 8.42 Å². The third-order valence-corrected chi connectivity index (χ3v) is 5.90. The SMILES string of the molecule is CCC(NC)c1cccc(S(=O)(=O)N2CCC(C)C2)c1. The van der Waals surface area contributed by atoms with Crippen LogP contribution in [0, 0.1) is 5.92 Å². The molecular formula is C15H24N2O2S. The molecule has 0 aromatic heterocycles. The van der Waals surface area contributed by atoms with E-state index in [4.69, 9.17) is 0 Å². The number of hydrogen-bond acceptors (Lipinski definition) is 3. The summed E-state index contributed by atoms with van der Waals surface area (Å²) in [6, 6.07) is 7.52. The standard InChI is InChI=1S/C15H24N2O2S/c1-4-15(16-3)13-6-5-7-14(10-13)20(18,19)17-9-8-12(2)11-17/h5-7,10,12,15-16H,4,8-9,11H2,1-3H3. The van der Waals surface area contributed by atoms with E-state index in [2.05, 4.69) is 19.2 Å². The molecule has 5 heteroatoms. The Hall–Kier alpha value is -0.910. The van der Waals surface area contributed by atoms with Gasteiger partial charge in [0, 0.05) is 19.1 Å². The van der Waals surface area contributed by atoms with Crippen molar-refractivity contribution in [3.05, 3.63) is 29.8 Å². The molecular weight excluding hydrogens is 272 g/mol. The maximum Gasteiger partial charge on any atom is 0.243 e. The Balaban J connectivity index is 2.30. The lowest BCUT2D eigenvalue weighted by molar-refractivity contribution is 0.464. The summed E-state index contributed by atoms with van der Waals surface area (Å²) in [5.74, 6) is 0.452. The van der Waals surface area contributed by atoms with Crippen molar-refractivity contribution in [2.75, 3.05) is 20.1 Å². The second-order valence-corrected chi connectivity index (χ2v) is 7.52. The number of sulfonamides is 1. The summed E-state index contributed by atoms with van der Waals surface area (Å²) in [4.78, 5) is 0.415. The molecule has 0 bridgehead atoms. The summed E-state index contributed by atoms with van der Waals surface area (Å²) in [5.41, 5.74) is 1.03. The second-order valence-electron chi connectivity index (χ2n) is 5.58. The molecule has 2 rings (SSSR count). The van der Waals surface area contributed by atoms with Crippen molar-refractivity contribution in [2.45, 2.75) is 37.6 Å². The van der Waals surface area contributed by atoms with Crippen molar-refractivity contribution in [3.8, 4) is 0 Å². The number of benzene rings is 1. The minimum Gasteiger partial charge on any atom is -0.313 e. The van der Waals surface area contributed by atoms with E-state index in [0.29, 0.717) is 23.9 Å². The average Bonchev–Trinajstić information content (AvgIpc) is 2.88. The topological polar surface area (TPSA) is 49.4 Å². The Morgan fingerprint density at radius 2 is 2.20 bits per heavy atom. The van der Waals surface area contributed by atoms with Crippen LogP contribution in [0.15, 0.2) is 29.2 Å². The highest BCUT2D eigenvalue weighted by Gasteiger charge is 2.30. The van der Waals surface area contributed by atoms with Gasteiger partial charge in [-0.1, -0.05) is 26.0 Å². The van der Waals surface area contributed by atoms with E-state index in [-0.39, 0.29) is 6.04 Å². The number of nitrogens with zero attached hydrogens (tertiary/aromatic N) is 1. The molecule has 0 aliphatic carbocycles. The van der Waals surface area contributed by atoms with Crippen LogP contribution in [-0.2, 0) is 10.0 Å². The molecule has 112 valence electrons. The molecule has 20 heavy (non-hydrogen) atoms. The van der Waals surface area contributed by atoms with Gasteiger partial charge < -0.3 is 5.32 Å². The Morgan fingerprint density at radius 1 is 1.45 bits per heavy atom. The summed E-state index contributed by atoms with van der Waals surface area (Å²) in [5, 5.41) is 3.21. The Morgan fingerprint density at radius 3 is 2.75 bits per heavy atom. The van der Waals surface area contributed by atoms with E-state index in [1.54, 1.807) is 10.4 Å². The minimum absolute atomic E-state index is 0.197. The van der Waals surface area contributed by atoms with E-state index in [1.807, 2.05) is 25.2 Å². The van der Waals surface area contributed by atoms with Gasteiger partial charge in [0.1, 0.15) is 0 Å². The predicted molar refractivity (Wildman–Crippen MR) is 81.1 cm³/mol. The van der Waals surface area contributed by atoms with Gasteiger partial charge in [0.15, 0.2) is 0 Å². The van der Waals surface area contributed by atoms with E-state index in [0.717, 1.165) is 18.4 Å². The number of rotatable bonds is 5. The van der Waals surface area contributed by atoms with Crippen LogP contribution < -0.4 is 5.32 Å². The van der Waals surface area contributed by atoms with Gasteiger partial charge in [-0.3, -0.25) is 0 Å². The highest BCUT2D eigenvalue weighted by atomic mass is 32.2. The summed E-state index contributed by atoms with van der Waals surface area (Å²) in [6.45, 7) is 5.46. The third-order valence-electron chi connectivity index (χ3n) is 4.04. The maximum atomic E-state index is 12.6. The lowest BCUT2D eigenvalue weighted by Gasteiger charge is -2.19. The third kappa shape index (κ3) is 3.05. The first-order chi connectivity index (χ1) is 9.48. The van der Waals surface area contributed by atoms with Crippen LogP contribution in [0.3, 0.4) is 0 Å². The fourth-order valence-electron chi connectivity index (χ4n) is 2.76. The van der Waals surface area contributed by atoms with Crippen LogP contribution in [0.1, 0.15) is 38.3 Å². The molecule has 0 radical (unpaired) electrons. The molecule has 1 aliphatic rings. The highest BCUT2D eigenvalue weighted by Crippen LogP contribution is 2.26. The number of nitrogens with one attached hydrogen (secondary N) is 1. The van der Waals surface area contributed by atoms with Crippen molar-refractivity contribution < 1.29 is 8.42 Å². The smallest absolute Gasteiger partial charge is 0.243 e. The molecule has 1 aromatic carbocycles. The monoisotopic (exact) mass is 296 g/mol. The van der Waals surface area contributed by atoms with Crippen LogP contribution in [-0.4, -0.2) is 32.9 Å². The van der Waals surface area contributed by atoms with Gasteiger partial charge >= 0.3 is 0 Å². The summed E-state index contributed by atoms with van der Waals surface area (Å²) in [7, 11) is -1.44. The van der Waals surface area contributed by atoms with Crippen LogP contribution in [0.2, 0.25) is 0 Å². The van der Waals surface area contributed by atoms with Gasteiger partial charge in [-0.05, 0) is 43.5 Å². The number of hydrogen-bond donors (Lipinski definition) is 1. The van der Waals surface area contributed by atoms with Crippen molar-refractivity contribution in [3.63, 3.8) is 0 Å². The predicted octanol–water partition coefficient (Wildman–Crippen LogP) is 2.39. The van der Waals surface area contributed by atoms with Gasteiger partial charge in [0.25, 0.3) is 0 Å². The molecule has 1 fully saturated rings. The molecule has 1 aromatic rings. The van der Waals surface area contributed by atoms with E-state index in [9.17, 15) is 8.42 Å². The first-order valence-electron chi connectivity index (χ1n) is 7.26. The van der Waals surface area contributed by atoms with Crippen LogP contribution in [0.25, 0.3) is 0 Å². The fourth-order valence-corrected chi connectivity index (χ4v) is 4.39. The molecule has 1 N–H and O–H groups in total. The van der Waals surface area contributed by atoms with Gasteiger partial charge in [-0.15, -0.1) is 0 Å². The second kappa shape index (κ2) is 6.24. The quantitative estimate of drug-likeness (QED) is 0.907. The van der Waals surface area contributed by atoms with Crippen molar-refractivity contribution in [2.24, 2.45) is 5.92 Å². The maximum absolute atomic E-state index is 12.6. The van der Waals surface area contributed by atoms with Gasteiger partial charge in [0.05, 0.1) is 4.90 Å². The Kier molecular flexibility index (Phi) is 4.83. The molecule has 2 atom stereocenters. The zero-order valence-corrected chi connectivity index (χ0v) is 13.3. The summed E-state index contributed by atoms with van der Waals surface area (Å²) in [6.07, 6.45) is 1.88. The molecule has 2 unspecified atom stereocenters. The van der Waals surface area contributed by atoms with Crippen LogP contribution >= 0.6 is 0 Å². The van der Waals surface area contributed by atoms with Crippen LogP contribution in [0.4, 0.5) is 0 Å².